The van der Waals surface area contributed by atoms with Crippen LogP contribution in [-0.4, -0.2) is 15.6 Å². The van der Waals surface area contributed by atoms with Gasteiger partial charge in [-0.05, 0) is 50.7 Å². The van der Waals surface area contributed by atoms with Crippen LogP contribution in [0, 0.1) is 5.92 Å². The molecule has 134 valence electrons. The zero-order valence-electron chi connectivity index (χ0n) is 15.3. The van der Waals surface area contributed by atoms with Gasteiger partial charge in [0.25, 0.3) is 0 Å². The van der Waals surface area contributed by atoms with Gasteiger partial charge in [-0.1, -0.05) is 19.1 Å². The Kier molecular flexibility index (Phi) is 3.51. The highest BCUT2D eigenvalue weighted by atomic mass is 32.1. The third-order valence-electron chi connectivity index (χ3n) is 5.32. The summed E-state index contributed by atoms with van der Waals surface area (Å²) in [4.78, 5) is 11.5. The molecular formula is C21H22N2O2S. The maximum atomic E-state index is 6.31. The van der Waals surface area contributed by atoms with Crippen molar-refractivity contribution in [1.29, 1.82) is 0 Å². The van der Waals surface area contributed by atoms with Gasteiger partial charge in [0, 0.05) is 16.9 Å². The lowest BCUT2D eigenvalue weighted by Gasteiger charge is -2.19. The summed E-state index contributed by atoms with van der Waals surface area (Å²) >= 11 is 1.79. The highest BCUT2D eigenvalue weighted by Crippen LogP contribution is 2.46. The third kappa shape index (κ3) is 2.57. The average molecular weight is 366 g/mol. The van der Waals surface area contributed by atoms with E-state index in [4.69, 9.17) is 9.47 Å². The second kappa shape index (κ2) is 5.68. The standard InChI is InChI=1S/C21H22N2O2S/c1-12-7-8-14-16(9-12)26-20-17(14)19(22-11-23-20)24-15-6-4-5-13-10-21(2,3)25-18(13)15/h4-6,11-12H,7-10H2,1-3H3/t12-/m1/s1. The average Bonchev–Trinajstić information content (AvgIpc) is 3.11. The highest BCUT2D eigenvalue weighted by molar-refractivity contribution is 7.18. The zero-order valence-corrected chi connectivity index (χ0v) is 16.2. The summed E-state index contributed by atoms with van der Waals surface area (Å²) in [6.07, 6.45) is 5.93. The number of thiophene rings is 1. The van der Waals surface area contributed by atoms with Crippen LogP contribution in [0.5, 0.6) is 17.4 Å². The predicted octanol–water partition coefficient (Wildman–Crippen LogP) is 5.32. The van der Waals surface area contributed by atoms with E-state index in [0.29, 0.717) is 5.88 Å². The van der Waals surface area contributed by atoms with Crippen LogP contribution in [0.3, 0.4) is 0 Å². The number of ether oxygens (including phenoxy) is 2. The molecule has 0 saturated heterocycles. The number of aromatic nitrogens is 2. The molecule has 1 atom stereocenters. The summed E-state index contributed by atoms with van der Waals surface area (Å²) in [5.41, 5.74) is 2.38. The molecule has 0 unspecified atom stereocenters. The van der Waals surface area contributed by atoms with E-state index in [1.54, 1.807) is 17.7 Å². The summed E-state index contributed by atoms with van der Waals surface area (Å²) in [5.74, 6) is 2.99. The van der Waals surface area contributed by atoms with Crippen LogP contribution in [-0.2, 0) is 19.3 Å². The molecule has 0 spiro atoms. The van der Waals surface area contributed by atoms with Crippen LogP contribution in [0.1, 0.15) is 43.2 Å². The summed E-state index contributed by atoms with van der Waals surface area (Å²) in [5, 5.41) is 1.09. The fourth-order valence-electron chi connectivity index (χ4n) is 4.10. The smallest absolute Gasteiger partial charge is 0.231 e. The maximum absolute atomic E-state index is 6.31. The number of rotatable bonds is 2. The second-order valence-corrected chi connectivity index (χ2v) is 9.18. The van der Waals surface area contributed by atoms with E-state index in [2.05, 4.69) is 36.8 Å². The lowest BCUT2D eigenvalue weighted by Crippen LogP contribution is -2.24. The summed E-state index contributed by atoms with van der Waals surface area (Å²) in [6.45, 7) is 6.54. The van der Waals surface area contributed by atoms with Gasteiger partial charge in [0.05, 0.1) is 5.39 Å². The fraction of sp³-hybridized carbons (Fsp3) is 0.429. The van der Waals surface area contributed by atoms with Gasteiger partial charge < -0.3 is 9.47 Å². The van der Waals surface area contributed by atoms with E-state index in [0.717, 1.165) is 46.9 Å². The monoisotopic (exact) mass is 366 g/mol. The number of aryl methyl sites for hydroxylation is 1. The lowest BCUT2D eigenvalue weighted by molar-refractivity contribution is 0.135. The normalized spacial score (nSPS) is 20.5. The fourth-order valence-corrected chi connectivity index (χ4v) is 5.44. The summed E-state index contributed by atoms with van der Waals surface area (Å²) in [7, 11) is 0. The van der Waals surface area contributed by atoms with Crippen molar-refractivity contribution < 1.29 is 9.47 Å². The third-order valence-corrected chi connectivity index (χ3v) is 6.48. The minimum Gasteiger partial charge on any atom is -0.483 e. The van der Waals surface area contributed by atoms with Crippen LogP contribution < -0.4 is 9.47 Å². The molecule has 0 radical (unpaired) electrons. The molecular weight excluding hydrogens is 344 g/mol. The van der Waals surface area contributed by atoms with Crippen molar-refractivity contribution in [2.24, 2.45) is 5.92 Å². The molecule has 4 nitrogen and oxygen atoms in total. The van der Waals surface area contributed by atoms with E-state index in [9.17, 15) is 0 Å². The molecule has 2 aromatic heterocycles. The largest absolute Gasteiger partial charge is 0.483 e. The van der Waals surface area contributed by atoms with Crippen LogP contribution in [0.25, 0.3) is 10.2 Å². The topological polar surface area (TPSA) is 44.2 Å². The minimum atomic E-state index is -0.194. The maximum Gasteiger partial charge on any atom is 0.231 e. The number of fused-ring (bicyclic) bond motifs is 4. The van der Waals surface area contributed by atoms with Crippen molar-refractivity contribution >= 4 is 21.6 Å². The Balaban J connectivity index is 1.59. The first kappa shape index (κ1) is 16.1. The summed E-state index contributed by atoms with van der Waals surface area (Å²) in [6, 6.07) is 6.11. The SMILES string of the molecule is C[C@@H]1CCc2c(sc3ncnc(Oc4cccc5c4OC(C)(C)C5)c23)C1. The van der Waals surface area contributed by atoms with E-state index >= 15 is 0 Å². The van der Waals surface area contributed by atoms with Crippen molar-refractivity contribution in [3.05, 3.63) is 40.5 Å². The van der Waals surface area contributed by atoms with Gasteiger partial charge in [0.1, 0.15) is 16.8 Å². The first-order valence-electron chi connectivity index (χ1n) is 9.24. The van der Waals surface area contributed by atoms with Gasteiger partial charge >= 0.3 is 0 Å². The number of benzene rings is 1. The van der Waals surface area contributed by atoms with Gasteiger partial charge in [0.2, 0.25) is 5.88 Å². The van der Waals surface area contributed by atoms with Crippen molar-refractivity contribution in [3.63, 3.8) is 0 Å². The Hall–Kier alpha value is -2.14. The first-order valence-corrected chi connectivity index (χ1v) is 10.1. The Labute approximate surface area is 157 Å². The lowest BCUT2D eigenvalue weighted by atomic mass is 9.89. The number of hydrogen-bond donors (Lipinski definition) is 0. The van der Waals surface area contributed by atoms with Crippen molar-refractivity contribution in [3.8, 4) is 17.4 Å². The quantitative estimate of drug-likeness (QED) is 0.615. The molecule has 3 heterocycles. The molecule has 0 amide bonds. The summed E-state index contributed by atoms with van der Waals surface area (Å²) < 4.78 is 12.5. The minimum absolute atomic E-state index is 0.194. The van der Waals surface area contributed by atoms with Crippen molar-refractivity contribution in [2.75, 3.05) is 0 Å². The molecule has 0 bridgehead atoms. The predicted molar refractivity (Wildman–Crippen MR) is 104 cm³/mol. The molecule has 5 rings (SSSR count). The second-order valence-electron chi connectivity index (χ2n) is 8.10. The van der Waals surface area contributed by atoms with Gasteiger partial charge in [-0.2, -0.15) is 0 Å². The molecule has 5 heteroatoms. The van der Waals surface area contributed by atoms with Crippen LogP contribution in [0.4, 0.5) is 0 Å². The molecule has 1 aliphatic carbocycles. The molecule has 0 saturated carbocycles. The van der Waals surface area contributed by atoms with Crippen LogP contribution in [0.2, 0.25) is 0 Å². The molecule has 3 aromatic rings. The van der Waals surface area contributed by atoms with E-state index in [1.165, 1.54) is 22.4 Å². The highest BCUT2D eigenvalue weighted by Gasteiger charge is 2.33. The zero-order chi connectivity index (χ0) is 17.9. The molecule has 0 fully saturated rings. The number of hydrogen-bond acceptors (Lipinski definition) is 5. The Morgan fingerprint density at radius 1 is 1.27 bits per heavy atom. The van der Waals surface area contributed by atoms with E-state index in [1.807, 2.05) is 12.1 Å². The van der Waals surface area contributed by atoms with Crippen molar-refractivity contribution in [2.45, 2.75) is 52.1 Å². The number of nitrogens with zero attached hydrogens (tertiary/aromatic N) is 2. The van der Waals surface area contributed by atoms with Gasteiger partial charge in [-0.3, -0.25) is 0 Å². The van der Waals surface area contributed by atoms with Gasteiger partial charge in [-0.15, -0.1) is 11.3 Å². The molecule has 1 aromatic carbocycles. The van der Waals surface area contributed by atoms with Crippen LogP contribution in [0.15, 0.2) is 24.5 Å². The Morgan fingerprint density at radius 2 is 2.15 bits per heavy atom. The van der Waals surface area contributed by atoms with Crippen molar-refractivity contribution in [1.82, 2.24) is 9.97 Å². The molecule has 26 heavy (non-hydrogen) atoms. The van der Waals surface area contributed by atoms with E-state index in [-0.39, 0.29) is 5.60 Å². The van der Waals surface area contributed by atoms with E-state index < -0.39 is 0 Å². The number of para-hydroxylation sites is 1. The first-order chi connectivity index (χ1) is 12.5. The molecule has 1 aliphatic heterocycles. The molecule has 2 aliphatic rings. The Bertz CT molecular complexity index is 1010. The van der Waals surface area contributed by atoms with Gasteiger partial charge in [0.15, 0.2) is 11.5 Å². The van der Waals surface area contributed by atoms with Gasteiger partial charge in [-0.25, -0.2) is 9.97 Å². The van der Waals surface area contributed by atoms with Crippen LogP contribution >= 0.6 is 11.3 Å². The molecule has 0 N–H and O–H groups in total. The Morgan fingerprint density at radius 3 is 3.04 bits per heavy atom.